The third-order valence-electron chi connectivity index (χ3n) is 5.36. The van der Waals surface area contributed by atoms with Crippen molar-refractivity contribution < 1.29 is 0 Å². The van der Waals surface area contributed by atoms with Crippen molar-refractivity contribution in [3.8, 4) is 11.4 Å². The second-order valence-electron chi connectivity index (χ2n) is 7.21. The highest BCUT2D eigenvalue weighted by atomic mass is 16.3. The molecule has 10 nitrogen and oxygen atoms in total. The van der Waals surface area contributed by atoms with E-state index in [1.807, 2.05) is 48.5 Å². The molecule has 6 aromatic rings. The van der Waals surface area contributed by atoms with Crippen molar-refractivity contribution in [3.05, 3.63) is 75.9 Å². The maximum atomic E-state index is 12.2. The molecule has 4 N–H and O–H groups in total. The van der Waals surface area contributed by atoms with Crippen LogP contribution in [0, 0.1) is 4.91 Å². The van der Waals surface area contributed by atoms with Crippen molar-refractivity contribution in [2.24, 2.45) is 5.18 Å². The molecule has 3 heterocycles. The lowest BCUT2D eigenvalue weighted by molar-refractivity contribution is 1.08. The summed E-state index contributed by atoms with van der Waals surface area (Å²) in [6.45, 7) is 0. The van der Waals surface area contributed by atoms with Gasteiger partial charge >= 0.3 is 0 Å². The van der Waals surface area contributed by atoms with Crippen molar-refractivity contribution in [1.82, 2.24) is 30.4 Å². The molecule has 3 aromatic heterocycles. The summed E-state index contributed by atoms with van der Waals surface area (Å²) in [7, 11) is 0. The monoisotopic (exact) mass is 422 g/mol. The first-order valence-electron chi connectivity index (χ1n) is 9.77. The maximum absolute atomic E-state index is 12.2. The molecule has 32 heavy (non-hydrogen) atoms. The summed E-state index contributed by atoms with van der Waals surface area (Å²) in [6, 6.07) is 18.6. The fourth-order valence-corrected chi connectivity index (χ4v) is 3.85. The molecule has 6 rings (SSSR count). The zero-order chi connectivity index (χ0) is 21.7. The van der Waals surface area contributed by atoms with Gasteiger partial charge in [0.2, 0.25) is 0 Å². The van der Waals surface area contributed by atoms with Gasteiger partial charge in [0, 0.05) is 16.3 Å². The van der Waals surface area contributed by atoms with E-state index < -0.39 is 5.56 Å². The first kappa shape index (κ1) is 18.0. The topological polar surface area (TPSA) is 145 Å². The van der Waals surface area contributed by atoms with E-state index in [0.29, 0.717) is 28.2 Å². The van der Waals surface area contributed by atoms with Gasteiger partial charge in [-0.15, -0.1) is 4.91 Å². The Morgan fingerprint density at radius 2 is 1.62 bits per heavy atom. The Morgan fingerprint density at radius 3 is 2.50 bits per heavy atom. The minimum absolute atomic E-state index is 0.0172. The summed E-state index contributed by atoms with van der Waals surface area (Å²) >= 11 is 0. The van der Waals surface area contributed by atoms with E-state index in [0.717, 1.165) is 16.3 Å². The summed E-state index contributed by atoms with van der Waals surface area (Å²) in [5, 5.41) is 20.8. The van der Waals surface area contributed by atoms with Crippen LogP contribution in [0.15, 0.2) is 70.6 Å². The summed E-state index contributed by atoms with van der Waals surface area (Å²) in [4.78, 5) is 33.2. The molecule has 10 heteroatoms. The van der Waals surface area contributed by atoms with Gasteiger partial charge in [-0.1, -0.05) is 24.3 Å². The van der Waals surface area contributed by atoms with Crippen LogP contribution in [0.5, 0.6) is 0 Å². The number of nitroso groups, excluding NO2 is 1. The predicted octanol–water partition coefficient (Wildman–Crippen LogP) is 4.48. The molecule has 0 saturated carbocycles. The minimum atomic E-state index is -0.432. The van der Waals surface area contributed by atoms with Crippen LogP contribution in [0.1, 0.15) is 0 Å². The number of fused-ring (bicyclic) bond motifs is 3. The van der Waals surface area contributed by atoms with E-state index in [-0.39, 0.29) is 16.9 Å². The molecule has 0 unspecified atom stereocenters. The molecule has 0 atom stereocenters. The number of aromatic nitrogens is 6. The predicted molar refractivity (Wildman–Crippen MR) is 122 cm³/mol. The summed E-state index contributed by atoms with van der Waals surface area (Å²) in [6.07, 6.45) is 0. The molecule has 0 bridgehead atoms. The summed E-state index contributed by atoms with van der Waals surface area (Å²) in [5.74, 6) is 1.40. The number of rotatable bonds is 4. The Labute approximate surface area is 178 Å². The van der Waals surface area contributed by atoms with Gasteiger partial charge in [0.1, 0.15) is 11.5 Å². The van der Waals surface area contributed by atoms with Crippen LogP contribution >= 0.6 is 0 Å². The van der Waals surface area contributed by atoms with Crippen molar-refractivity contribution in [1.29, 1.82) is 0 Å². The number of aromatic amines is 3. The summed E-state index contributed by atoms with van der Waals surface area (Å²) < 4.78 is 0. The van der Waals surface area contributed by atoms with E-state index in [9.17, 15) is 9.70 Å². The van der Waals surface area contributed by atoms with Gasteiger partial charge in [0.05, 0.1) is 21.9 Å². The van der Waals surface area contributed by atoms with Gasteiger partial charge in [0.25, 0.3) is 5.56 Å². The van der Waals surface area contributed by atoms with Crippen molar-refractivity contribution in [2.45, 2.75) is 0 Å². The lowest BCUT2D eigenvalue weighted by Gasteiger charge is -2.10. The second kappa shape index (κ2) is 6.84. The van der Waals surface area contributed by atoms with E-state index in [2.05, 4.69) is 40.9 Å². The van der Waals surface area contributed by atoms with Crippen molar-refractivity contribution >= 4 is 50.0 Å². The van der Waals surface area contributed by atoms with Crippen LogP contribution in [0.2, 0.25) is 0 Å². The van der Waals surface area contributed by atoms with E-state index in [4.69, 9.17) is 0 Å². The number of nitrogens with one attached hydrogen (secondary N) is 4. The largest absolute Gasteiger partial charge is 0.322 e. The molecular weight excluding hydrogens is 408 g/mol. The molecule has 0 fully saturated rings. The van der Waals surface area contributed by atoms with Crippen molar-refractivity contribution in [2.75, 3.05) is 5.32 Å². The van der Waals surface area contributed by atoms with Crippen LogP contribution in [0.25, 0.3) is 44.1 Å². The van der Waals surface area contributed by atoms with Gasteiger partial charge in [-0.2, -0.15) is 5.10 Å². The molecule has 0 radical (unpaired) electrons. The van der Waals surface area contributed by atoms with Crippen LogP contribution in [-0.2, 0) is 0 Å². The maximum Gasteiger partial charge on any atom is 0.274 e. The second-order valence-corrected chi connectivity index (χ2v) is 7.21. The number of para-hydroxylation sites is 2. The fraction of sp³-hybridized carbons (Fsp3) is 0. The molecule has 0 spiro atoms. The third kappa shape index (κ3) is 2.67. The Morgan fingerprint density at radius 1 is 0.812 bits per heavy atom. The Balaban J connectivity index is 1.58. The number of hydrogen-bond acceptors (Lipinski definition) is 7. The third-order valence-corrected chi connectivity index (χ3v) is 5.36. The Bertz CT molecular complexity index is 1710. The fourth-order valence-electron chi connectivity index (χ4n) is 3.85. The van der Waals surface area contributed by atoms with Gasteiger partial charge in [-0.05, 0) is 41.6 Å². The zero-order valence-corrected chi connectivity index (χ0v) is 16.4. The molecule has 0 amide bonds. The first-order valence-corrected chi connectivity index (χ1v) is 9.77. The molecule has 154 valence electrons. The molecule has 3 aromatic carbocycles. The number of anilines is 2. The van der Waals surface area contributed by atoms with Crippen LogP contribution in [-0.4, -0.2) is 30.4 Å². The Kier molecular flexibility index (Phi) is 3.84. The van der Waals surface area contributed by atoms with Gasteiger partial charge in [0.15, 0.2) is 11.6 Å². The standard InChI is InChI=1S/C22H14N8O2/c31-22-17-16(27-29-22)10-9-13(18(17)30-32)20-23-14-7-3-1-5-11(14)19(24-20)25-21-12-6-2-4-8-15(12)26-28-21/h1-10H,(H2,27,29,31)(H2,23,24,25,26,28). The average molecular weight is 422 g/mol. The molecule has 0 aliphatic carbocycles. The normalized spacial score (nSPS) is 11.4. The molecule has 0 aliphatic heterocycles. The van der Waals surface area contributed by atoms with E-state index >= 15 is 0 Å². The SMILES string of the molecule is O=Nc1c(-c2nc(Nc3n[nH]c4ccccc34)c3ccccc3n2)ccc2[nH][nH]c(=O)c12. The smallest absolute Gasteiger partial charge is 0.274 e. The van der Waals surface area contributed by atoms with Crippen LogP contribution in [0.3, 0.4) is 0 Å². The highest BCUT2D eigenvalue weighted by Crippen LogP contribution is 2.35. The number of nitrogens with zero attached hydrogens (tertiary/aromatic N) is 4. The van der Waals surface area contributed by atoms with Crippen LogP contribution < -0.4 is 10.9 Å². The van der Waals surface area contributed by atoms with Gasteiger partial charge in [-0.3, -0.25) is 20.1 Å². The first-order chi connectivity index (χ1) is 15.7. The molecule has 0 aliphatic rings. The number of H-pyrrole nitrogens is 3. The molecular formula is C22H14N8O2. The summed E-state index contributed by atoms with van der Waals surface area (Å²) in [5.41, 5.74) is 1.95. The van der Waals surface area contributed by atoms with Crippen LogP contribution in [0.4, 0.5) is 17.3 Å². The van der Waals surface area contributed by atoms with Gasteiger partial charge in [-0.25, -0.2) is 9.97 Å². The van der Waals surface area contributed by atoms with E-state index in [1.54, 1.807) is 12.1 Å². The zero-order valence-electron chi connectivity index (χ0n) is 16.4. The molecule has 0 saturated heterocycles. The Hall–Kier alpha value is -4.86. The minimum Gasteiger partial charge on any atom is -0.322 e. The average Bonchev–Trinajstić information content (AvgIpc) is 3.42. The van der Waals surface area contributed by atoms with E-state index in [1.165, 1.54) is 0 Å². The van der Waals surface area contributed by atoms with Gasteiger partial charge < -0.3 is 5.32 Å². The van der Waals surface area contributed by atoms with Crippen molar-refractivity contribution in [3.63, 3.8) is 0 Å². The highest BCUT2D eigenvalue weighted by Gasteiger charge is 2.19. The lowest BCUT2D eigenvalue weighted by Crippen LogP contribution is -2.01. The lowest BCUT2D eigenvalue weighted by atomic mass is 10.1. The highest BCUT2D eigenvalue weighted by molar-refractivity contribution is 6.00. The number of hydrogen-bond donors (Lipinski definition) is 4. The number of benzene rings is 3. The quantitative estimate of drug-likeness (QED) is 0.308.